The maximum absolute atomic E-state index is 11.9. The molecule has 1 N–H and O–H groups in total. The van der Waals surface area contributed by atoms with Crippen molar-refractivity contribution in [2.75, 3.05) is 0 Å². The summed E-state index contributed by atoms with van der Waals surface area (Å²) in [6.45, 7) is 5.90. The van der Waals surface area contributed by atoms with Crippen molar-refractivity contribution in [3.05, 3.63) is 38.8 Å². The molecule has 0 bridgehead atoms. The van der Waals surface area contributed by atoms with E-state index in [1.807, 2.05) is 6.92 Å². The number of nitrogens with zero attached hydrogens (tertiary/aromatic N) is 2. The lowest BCUT2D eigenvalue weighted by molar-refractivity contribution is -0.385. The highest BCUT2D eigenvalue weighted by Gasteiger charge is 2.12. The Bertz CT molecular complexity index is 566. The van der Waals surface area contributed by atoms with E-state index in [1.54, 1.807) is 0 Å². The highest BCUT2D eigenvalue weighted by Crippen LogP contribution is 2.07. The fourth-order valence-corrected chi connectivity index (χ4v) is 1.88. The van der Waals surface area contributed by atoms with Crippen LogP contribution >= 0.6 is 0 Å². The van der Waals surface area contributed by atoms with Crippen LogP contribution in [0, 0.1) is 16.0 Å². The SMILES string of the molecule is CC(C)CC[C@@H](C)NC(=O)Cn1cc([N+](=O)[O-])ccc1=O. The molecule has 116 valence electrons. The molecule has 0 radical (unpaired) electrons. The van der Waals surface area contributed by atoms with Gasteiger partial charge in [0.1, 0.15) is 6.54 Å². The quantitative estimate of drug-likeness (QED) is 0.612. The van der Waals surface area contributed by atoms with Crippen molar-refractivity contribution < 1.29 is 9.72 Å². The molecule has 21 heavy (non-hydrogen) atoms. The first-order valence-corrected chi connectivity index (χ1v) is 6.94. The third-order valence-electron chi connectivity index (χ3n) is 3.08. The molecule has 1 heterocycles. The highest BCUT2D eigenvalue weighted by atomic mass is 16.6. The van der Waals surface area contributed by atoms with Gasteiger partial charge in [0.25, 0.3) is 11.2 Å². The molecule has 0 aliphatic carbocycles. The van der Waals surface area contributed by atoms with Gasteiger partial charge in [-0.1, -0.05) is 13.8 Å². The van der Waals surface area contributed by atoms with Crippen LogP contribution < -0.4 is 10.9 Å². The van der Waals surface area contributed by atoms with Gasteiger partial charge in [0.15, 0.2) is 0 Å². The van der Waals surface area contributed by atoms with E-state index < -0.39 is 10.5 Å². The minimum atomic E-state index is -0.598. The fraction of sp³-hybridized carbons (Fsp3) is 0.571. The number of aromatic nitrogens is 1. The van der Waals surface area contributed by atoms with Crippen molar-refractivity contribution in [2.24, 2.45) is 5.92 Å². The number of carbonyl (C=O) groups excluding carboxylic acids is 1. The second-order valence-corrected chi connectivity index (χ2v) is 5.55. The Balaban J connectivity index is 2.64. The van der Waals surface area contributed by atoms with Crippen molar-refractivity contribution >= 4 is 11.6 Å². The number of hydrogen-bond acceptors (Lipinski definition) is 4. The van der Waals surface area contributed by atoms with Gasteiger partial charge in [-0.2, -0.15) is 0 Å². The molecule has 0 fully saturated rings. The summed E-state index contributed by atoms with van der Waals surface area (Å²) in [4.78, 5) is 33.5. The number of nitro groups is 1. The van der Waals surface area contributed by atoms with Gasteiger partial charge in [-0.05, 0) is 25.7 Å². The molecule has 0 saturated heterocycles. The molecule has 0 unspecified atom stereocenters. The van der Waals surface area contributed by atoms with Gasteiger partial charge < -0.3 is 5.32 Å². The topological polar surface area (TPSA) is 94.2 Å². The lowest BCUT2D eigenvalue weighted by Crippen LogP contribution is -2.37. The molecule has 0 saturated carbocycles. The van der Waals surface area contributed by atoms with E-state index in [-0.39, 0.29) is 24.2 Å². The molecule has 0 aliphatic heterocycles. The van der Waals surface area contributed by atoms with Gasteiger partial charge in [0.05, 0.1) is 11.1 Å². The lowest BCUT2D eigenvalue weighted by Gasteiger charge is -2.15. The highest BCUT2D eigenvalue weighted by molar-refractivity contribution is 5.76. The largest absolute Gasteiger partial charge is 0.352 e. The zero-order chi connectivity index (χ0) is 16.0. The van der Waals surface area contributed by atoms with E-state index in [4.69, 9.17) is 0 Å². The molecule has 1 aromatic rings. The van der Waals surface area contributed by atoms with Gasteiger partial charge in [0, 0.05) is 18.2 Å². The predicted octanol–water partition coefficient (Wildman–Crippen LogP) is 1.70. The molecule has 7 heteroatoms. The first-order chi connectivity index (χ1) is 9.79. The molecule has 1 atom stereocenters. The van der Waals surface area contributed by atoms with Crippen molar-refractivity contribution in [2.45, 2.75) is 46.2 Å². The van der Waals surface area contributed by atoms with Crippen molar-refractivity contribution in [3.8, 4) is 0 Å². The van der Waals surface area contributed by atoms with Crippen molar-refractivity contribution in [1.29, 1.82) is 0 Å². The van der Waals surface area contributed by atoms with Gasteiger partial charge >= 0.3 is 0 Å². The fourth-order valence-electron chi connectivity index (χ4n) is 1.88. The predicted molar refractivity (Wildman–Crippen MR) is 79.0 cm³/mol. The lowest BCUT2D eigenvalue weighted by atomic mass is 10.0. The summed E-state index contributed by atoms with van der Waals surface area (Å²) in [5, 5.41) is 13.5. The Morgan fingerprint density at radius 3 is 2.57 bits per heavy atom. The zero-order valence-corrected chi connectivity index (χ0v) is 12.5. The van der Waals surface area contributed by atoms with Crippen LogP contribution in [-0.4, -0.2) is 21.4 Å². The molecule has 1 aromatic heterocycles. The normalized spacial score (nSPS) is 12.2. The second kappa shape index (κ2) is 7.56. The Morgan fingerprint density at radius 2 is 2.00 bits per heavy atom. The van der Waals surface area contributed by atoms with Crippen LogP contribution in [0.2, 0.25) is 0 Å². The summed E-state index contributed by atoms with van der Waals surface area (Å²) in [5.41, 5.74) is -0.652. The van der Waals surface area contributed by atoms with Crippen LogP contribution in [-0.2, 0) is 11.3 Å². The molecule has 1 amide bonds. The van der Waals surface area contributed by atoms with Crippen LogP contribution in [0.1, 0.15) is 33.6 Å². The number of amides is 1. The number of hydrogen-bond donors (Lipinski definition) is 1. The first-order valence-electron chi connectivity index (χ1n) is 6.94. The summed E-state index contributed by atoms with van der Waals surface area (Å²) in [7, 11) is 0. The Morgan fingerprint density at radius 1 is 1.33 bits per heavy atom. The van der Waals surface area contributed by atoms with E-state index in [0.717, 1.165) is 35.7 Å². The van der Waals surface area contributed by atoms with E-state index in [1.165, 1.54) is 0 Å². The third-order valence-corrected chi connectivity index (χ3v) is 3.08. The van der Waals surface area contributed by atoms with Crippen LogP contribution in [0.4, 0.5) is 5.69 Å². The van der Waals surface area contributed by atoms with Gasteiger partial charge in [0.2, 0.25) is 5.91 Å². The van der Waals surface area contributed by atoms with Crippen LogP contribution in [0.5, 0.6) is 0 Å². The average Bonchev–Trinajstić information content (AvgIpc) is 2.38. The number of rotatable bonds is 7. The van der Waals surface area contributed by atoms with Crippen LogP contribution in [0.3, 0.4) is 0 Å². The van der Waals surface area contributed by atoms with E-state index in [9.17, 15) is 19.7 Å². The van der Waals surface area contributed by atoms with Gasteiger partial charge in [-0.25, -0.2) is 0 Å². The average molecular weight is 295 g/mol. The van der Waals surface area contributed by atoms with Gasteiger partial charge in [-0.15, -0.1) is 0 Å². The zero-order valence-electron chi connectivity index (χ0n) is 12.5. The second-order valence-electron chi connectivity index (χ2n) is 5.55. The summed E-state index contributed by atoms with van der Waals surface area (Å²) < 4.78 is 1.04. The van der Waals surface area contributed by atoms with Gasteiger partial charge in [-0.3, -0.25) is 24.3 Å². The summed E-state index contributed by atoms with van der Waals surface area (Å²) >= 11 is 0. The molecular weight excluding hydrogens is 274 g/mol. The number of pyridine rings is 1. The summed E-state index contributed by atoms with van der Waals surface area (Å²) in [6, 6.07) is 2.23. The van der Waals surface area contributed by atoms with E-state index >= 15 is 0 Å². The van der Waals surface area contributed by atoms with E-state index in [2.05, 4.69) is 19.2 Å². The Hall–Kier alpha value is -2.18. The molecular formula is C14H21N3O4. The minimum absolute atomic E-state index is 0.00861. The summed E-state index contributed by atoms with van der Waals surface area (Å²) in [6.07, 6.45) is 2.94. The van der Waals surface area contributed by atoms with Crippen molar-refractivity contribution in [1.82, 2.24) is 9.88 Å². The monoisotopic (exact) mass is 295 g/mol. The minimum Gasteiger partial charge on any atom is -0.352 e. The molecule has 7 nitrogen and oxygen atoms in total. The van der Waals surface area contributed by atoms with Crippen LogP contribution in [0.15, 0.2) is 23.1 Å². The molecule has 0 spiro atoms. The van der Waals surface area contributed by atoms with Crippen molar-refractivity contribution in [3.63, 3.8) is 0 Å². The first kappa shape index (κ1) is 16.9. The molecule has 0 aliphatic rings. The molecule has 0 aromatic carbocycles. The summed E-state index contributed by atoms with van der Waals surface area (Å²) in [5.74, 6) is 0.234. The molecule has 1 rings (SSSR count). The third kappa shape index (κ3) is 5.76. The standard InChI is InChI=1S/C14H21N3O4/c1-10(2)4-5-11(3)15-13(18)9-16-8-12(17(20)21)6-7-14(16)19/h6-8,10-11H,4-5,9H2,1-3H3,(H,15,18)/t11-/m1/s1. The Labute approximate surface area is 123 Å². The van der Waals surface area contributed by atoms with E-state index in [0.29, 0.717) is 5.92 Å². The number of carbonyl (C=O) groups is 1. The Kier molecular flexibility index (Phi) is 6.08. The maximum Gasteiger partial charge on any atom is 0.285 e. The van der Waals surface area contributed by atoms with Crippen LogP contribution in [0.25, 0.3) is 0 Å². The number of nitrogens with one attached hydrogen (secondary N) is 1. The smallest absolute Gasteiger partial charge is 0.285 e. The maximum atomic E-state index is 11.9.